The number of aliphatic hydroxyl groups excluding tert-OH is 1. The molecule has 0 bridgehead atoms. The summed E-state index contributed by atoms with van der Waals surface area (Å²) in [6.07, 6.45) is -0.331. The Morgan fingerprint density at radius 1 is 1.05 bits per heavy atom. The first-order valence-corrected chi connectivity index (χ1v) is 11.4. The molecule has 0 spiro atoms. The van der Waals surface area contributed by atoms with Gasteiger partial charge < -0.3 is 33.9 Å². The van der Waals surface area contributed by atoms with E-state index in [1.54, 1.807) is 24.3 Å². The number of carbonyl (C=O) groups is 1. The average molecular weight is 500 g/mol. The molecule has 10 heteroatoms. The van der Waals surface area contributed by atoms with Gasteiger partial charge in [0.25, 0.3) is 0 Å². The van der Waals surface area contributed by atoms with Gasteiger partial charge in [-0.2, -0.15) is 5.26 Å². The van der Waals surface area contributed by atoms with Gasteiger partial charge in [-0.1, -0.05) is 30.3 Å². The summed E-state index contributed by atoms with van der Waals surface area (Å²) in [5, 5.41) is 32.5. The minimum atomic E-state index is -2.09. The Bertz CT molecular complexity index is 1470. The van der Waals surface area contributed by atoms with Crippen molar-refractivity contribution in [1.82, 2.24) is 4.90 Å². The third-order valence-electron chi connectivity index (χ3n) is 6.56. The fraction of sp³-hybridized carbons (Fsp3) is 0.185. The number of rotatable bonds is 5. The van der Waals surface area contributed by atoms with E-state index in [0.717, 1.165) is 10.5 Å². The molecule has 2 atom stereocenters. The van der Waals surface area contributed by atoms with E-state index >= 15 is 0 Å². The molecule has 0 saturated heterocycles. The van der Waals surface area contributed by atoms with Crippen LogP contribution in [0.5, 0.6) is 28.7 Å². The molecule has 3 aliphatic rings. The monoisotopic (exact) mass is 500 g/mol. The molecule has 2 N–H and O–H groups in total. The summed E-state index contributed by atoms with van der Waals surface area (Å²) >= 11 is 0. The Kier molecular flexibility index (Phi) is 5.28. The largest absolute Gasteiger partial charge is 0.484 e. The zero-order valence-corrected chi connectivity index (χ0v) is 19.3. The van der Waals surface area contributed by atoms with Gasteiger partial charge in [-0.05, 0) is 41.5 Å². The average Bonchev–Trinajstić information content (AvgIpc) is 3.59. The maximum Gasteiger partial charge on any atom is 0.413 e. The maximum atomic E-state index is 12.4. The quantitative estimate of drug-likeness (QED) is 0.531. The highest BCUT2D eigenvalue weighted by Gasteiger charge is 2.53. The van der Waals surface area contributed by atoms with E-state index in [1.807, 2.05) is 30.3 Å². The summed E-state index contributed by atoms with van der Waals surface area (Å²) in [5.41, 5.74) is -0.319. The van der Waals surface area contributed by atoms with Crippen LogP contribution in [-0.4, -0.2) is 34.8 Å². The van der Waals surface area contributed by atoms with E-state index in [-0.39, 0.29) is 42.8 Å². The molecular formula is C27H20N2O8. The zero-order chi connectivity index (χ0) is 25.6. The molecule has 0 fully saturated rings. The summed E-state index contributed by atoms with van der Waals surface area (Å²) in [6, 6.07) is 17.8. The molecule has 0 aliphatic carbocycles. The predicted molar refractivity (Wildman–Crippen MR) is 127 cm³/mol. The highest BCUT2D eigenvalue weighted by atomic mass is 16.7. The first-order chi connectivity index (χ1) is 18.0. The summed E-state index contributed by atoms with van der Waals surface area (Å²) in [4.78, 5) is 13.2. The first-order valence-electron chi connectivity index (χ1n) is 11.4. The van der Waals surface area contributed by atoms with E-state index in [1.165, 1.54) is 12.3 Å². The number of nitrogens with zero attached hydrogens (tertiary/aromatic N) is 2. The molecule has 0 saturated carbocycles. The summed E-state index contributed by atoms with van der Waals surface area (Å²) in [5.74, 6) is 1.64. The van der Waals surface area contributed by atoms with Gasteiger partial charge in [0.1, 0.15) is 12.7 Å². The SMILES string of the molecule is N#CC1(C(O)c2ccc3c(c2OCc2ccccc2)OCO3)c2cc3c(cc2C=CN1C(=O)O)OCO3. The Labute approximate surface area is 211 Å². The van der Waals surface area contributed by atoms with Crippen LogP contribution in [0, 0.1) is 11.3 Å². The number of fused-ring (bicyclic) bond motifs is 3. The molecule has 37 heavy (non-hydrogen) atoms. The van der Waals surface area contributed by atoms with Crippen molar-refractivity contribution in [1.29, 1.82) is 5.26 Å². The van der Waals surface area contributed by atoms with Gasteiger partial charge in [-0.3, -0.25) is 4.90 Å². The molecule has 0 aromatic heterocycles. The Balaban J connectivity index is 1.51. The Morgan fingerprint density at radius 2 is 1.78 bits per heavy atom. The number of hydrogen-bond acceptors (Lipinski definition) is 8. The van der Waals surface area contributed by atoms with Gasteiger partial charge in [-0.25, -0.2) is 4.79 Å². The number of amides is 1. The topological polar surface area (TPSA) is 131 Å². The van der Waals surface area contributed by atoms with Crippen molar-refractivity contribution >= 4 is 12.2 Å². The number of ether oxygens (including phenoxy) is 5. The van der Waals surface area contributed by atoms with Crippen molar-refractivity contribution in [2.45, 2.75) is 18.2 Å². The normalized spacial score (nSPS) is 19.2. The smallest absolute Gasteiger partial charge is 0.413 e. The molecule has 1 amide bonds. The molecule has 3 aromatic rings. The van der Waals surface area contributed by atoms with Crippen LogP contribution < -0.4 is 23.7 Å². The van der Waals surface area contributed by atoms with Gasteiger partial charge in [-0.15, -0.1) is 0 Å². The van der Waals surface area contributed by atoms with Crippen LogP contribution in [0.25, 0.3) is 6.08 Å². The van der Waals surface area contributed by atoms with Crippen LogP contribution in [0.2, 0.25) is 0 Å². The van der Waals surface area contributed by atoms with Crippen LogP contribution in [0.3, 0.4) is 0 Å². The number of carboxylic acid groups (broad SMARTS) is 1. The minimum absolute atomic E-state index is 0.00761. The molecule has 0 radical (unpaired) electrons. The van der Waals surface area contributed by atoms with Crippen LogP contribution >= 0.6 is 0 Å². The van der Waals surface area contributed by atoms with E-state index in [0.29, 0.717) is 22.8 Å². The lowest BCUT2D eigenvalue weighted by Crippen LogP contribution is -2.51. The van der Waals surface area contributed by atoms with E-state index in [2.05, 4.69) is 6.07 Å². The second-order valence-corrected chi connectivity index (χ2v) is 8.53. The summed E-state index contributed by atoms with van der Waals surface area (Å²) in [6.45, 7) is 0.0837. The van der Waals surface area contributed by atoms with E-state index in [9.17, 15) is 20.3 Å². The summed E-state index contributed by atoms with van der Waals surface area (Å²) in [7, 11) is 0. The van der Waals surface area contributed by atoms with Crippen LogP contribution in [0.15, 0.2) is 60.8 Å². The standard InChI is InChI=1S/C27H20N2O8/c28-13-27(19-11-22-21(35-14-36-22)10-17(19)8-9-29(27)26(31)32)25(30)18-6-7-20-24(37-15-34-20)23(18)33-12-16-4-2-1-3-5-16/h1-11,25,30H,12,14-15H2,(H,31,32). The second kappa shape index (κ2) is 8.65. The van der Waals surface area contributed by atoms with E-state index in [4.69, 9.17) is 23.7 Å². The van der Waals surface area contributed by atoms with Crippen LogP contribution in [0.1, 0.15) is 28.4 Å². The highest BCUT2D eigenvalue weighted by Crippen LogP contribution is 2.53. The number of aliphatic hydroxyl groups is 1. The van der Waals surface area contributed by atoms with Gasteiger partial charge in [0, 0.05) is 17.3 Å². The molecule has 10 nitrogen and oxygen atoms in total. The van der Waals surface area contributed by atoms with Crippen LogP contribution in [-0.2, 0) is 12.1 Å². The number of benzene rings is 3. The van der Waals surface area contributed by atoms with Gasteiger partial charge >= 0.3 is 6.09 Å². The summed E-state index contributed by atoms with van der Waals surface area (Å²) < 4.78 is 28.2. The lowest BCUT2D eigenvalue weighted by molar-refractivity contribution is 0.0243. The van der Waals surface area contributed by atoms with Crippen molar-refractivity contribution in [3.05, 3.63) is 83.1 Å². The Morgan fingerprint density at radius 3 is 2.54 bits per heavy atom. The molecule has 2 unspecified atom stereocenters. The predicted octanol–water partition coefficient (Wildman–Crippen LogP) is 4.14. The molecule has 3 aliphatic heterocycles. The third kappa shape index (κ3) is 3.48. The molecule has 6 rings (SSSR count). The fourth-order valence-electron chi connectivity index (χ4n) is 4.78. The zero-order valence-electron chi connectivity index (χ0n) is 19.3. The number of hydrogen-bond donors (Lipinski definition) is 2. The van der Waals surface area contributed by atoms with Gasteiger partial charge in [0.05, 0.1) is 6.07 Å². The maximum absolute atomic E-state index is 12.4. The minimum Gasteiger partial charge on any atom is -0.484 e. The highest BCUT2D eigenvalue weighted by molar-refractivity contribution is 5.77. The van der Waals surface area contributed by atoms with Crippen LogP contribution in [0.4, 0.5) is 4.79 Å². The van der Waals surface area contributed by atoms with Crippen molar-refractivity contribution in [3.8, 4) is 34.8 Å². The van der Waals surface area contributed by atoms with Crippen molar-refractivity contribution < 1.29 is 38.7 Å². The molecule has 186 valence electrons. The first kappa shape index (κ1) is 22.6. The molecule has 3 heterocycles. The fourth-order valence-corrected chi connectivity index (χ4v) is 4.78. The molecular weight excluding hydrogens is 480 g/mol. The molecule has 3 aromatic carbocycles. The van der Waals surface area contributed by atoms with Gasteiger partial charge in [0.15, 0.2) is 28.5 Å². The third-order valence-corrected chi connectivity index (χ3v) is 6.56. The Hall–Kier alpha value is -4.88. The second-order valence-electron chi connectivity index (χ2n) is 8.53. The van der Waals surface area contributed by atoms with E-state index < -0.39 is 17.7 Å². The lowest BCUT2D eigenvalue weighted by Gasteiger charge is -2.42. The van der Waals surface area contributed by atoms with Crippen molar-refractivity contribution in [3.63, 3.8) is 0 Å². The number of nitriles is 1. The van der Waals surface area contributed by atoms with Crippen molar-refractivity contribution in [2.24, 2.45) is 0 Å². The van der Waals surface area contributed by atoms with Crippen molar-refractivity contribution in [2.75, 3.05) is 13.6 Å². The van der Waals surface area contributed by atoms with Gasteiger partial charge in [0.2, 0.25) is 19.3 Å². The lowest BCUT2D eigenvalue weighted by atomic mass is 9.76.